The van der Waals surface area contributed by atoms with Gasteiger partial charge in [0.05, 0.1) is 5.92 Å². The van der Waals surface area contributed by atoms with Crippen molar-refractivity contribution in [2.75, 3.05) is 5.32 Å². The molecule has 17 heavy (non-hydrogen) atoms. The number of hydrogen-bond acceptors (Lipinski definition) is 2. The van der Waals surface area contributed by atoms with E-state index in [-0.39, 0.29) is 23.4 Å². The Morgan fingerprint density at radius 2 is 1.71 bits per heavy atom. The maximum absolute atomic E-state index is 12.7. The third kappa shape index (κ3) is 3.66. The van der Waals surface area contributed by atoms with Crippen LogP contribution in [0.2, 0.25) is 0 Å². The second-order valence-electron chi connectivity index (χ2n) is 4.33. The molecule has 1 aromatic carbocycles. The first-order chi connectivity index (χ1) is 7.91. The number of nitrogens with one attached hydrogen (secondary N) is 1. The van der Waals surface area contributed by atoms with Gasteiger partial charge in [0.15, 0.2) is 0 Å². The number of Topliss-reactive ketones (excluding diaryl/α,β-unsaturated/α-hetero) is 1. The van der Waals surface area contributed by atoms with Crippen LogP contribution < -0.4 is 5.32 Å². The van der Waals surface area contributed by atoms with Gasteiger partial charge in [-0.25, -0.2) is 4.39 Å². The summed E-state index contributed by atoms with van der Waals surface area (Å²) in [7, 11) is 0. The maximum atomic E-state index is 12.7. The number of ketones is 1. The van der Waals surface area contributed by atoms with E-state index in [1.54, 1.807) is 0 Å². The fourth-order valence-corrected chi connectivity index (χ4v) is 1.71. The van der Waals surface area contributed by atoms with E-state index in [9.17, 15) is 14.0 Å². The minimum atomic E-state index is -0.667. The van der Waals surface area contributed by atoms with E-state index < -0.39 is 5.92 Å². The highest BCUT2D eigenvalue weighted by molar-refractivity contribution is 6.06. The van der Waals surface area contributed by atoms with Gasteiger partial charge in [0.2, 0.25) is 5.91 Å². The summed E-state index contributed by atoms with van der Waals surface area (Å²) >= 11 is 0. The first kappa shape index (κ1) is 13.4. The van der Waals surface area contributed by atoms with Crippen molar-refractivity contribution < 1.29 is 14.0 Å². The van der Waals surface area contributed by atoms with Crippen LogP contribution in [0.5, 0.6) is 0 Å². The van der Waals surface area contributed by atoms with Crippen molar-refractivity contribution in [2.45, 2.75) is 20.8 Å². The van der Waals surface area contributed by atoms with Crippen molar-refractivity contribution >= 4 is 17.4 Å². The van der Waals surface area contributed by atoms with Gasteiger partial charge < -0.3 is 5.32 Å². The van der Waals surface area contributed by atoms with Gasteiger partial charge in [0.1, 0.15) is 11.6 Å². The topological polar surface area (TPSA) is 46.2 Å². The molecular weight excluding hydrogens is 221 g/mol. The van der Waals surface area contributed by atoms with Gasteiger partial charge in [-0.3, -0.25) is 9.59 Å². The number of halogens is 1. The lowest BCUT2D eigenvalue weighted by Gasteiger charge is -2.17. The van der Waals surface area contributed by atoms with Gasteiger partial charge in [0, 0.05) is 5.69 Å². The van der Waals surface area contributed by atoms with Crippen molar-refractivity contribution in [2.24, 2.45) is 11.8 Å². The molecule has 0 spiro atoms. The first-order valence-electron chi connectivity index (χ1n) is 5.48. The van der Waals surface area contributed by atoms with E-state index in [0.29, 0.717) is 5.69 Å². The third-order valence-corrected chi connectivity index (χ3v) is 2.50. The van der Waals surface area contributed by atoms with Crippen LogP contribution >= 0.6 is 0 Å². The van der Waals surface area contributed by atoms with Crippen LogP contribution in [0.1, 0.15) is 20.8 Å². The molecule has 3 nitrogen and oxygen atoms in total. The highest BCUT2D eigenvalue weighted by Crippen LogP contribution is 2.16. The monoisotopic (exact) mass is 237 g/mol. The summed E-state index contributed by atoms with van der Waals surface area (Å²) in [6.45, 7) is 5.03. The van der Waals surface area contributed by atoms with Gasteiger partial charge in [-0.15, -0.1) is 0 Å². The summed E-state index contributed by atoms with van der Waals surface area (Å²) in [6.07, 6.45) is 0. The van der Waals surface area contributed by atoms with Gasteiger partial charge in [-0.2, -0.15) is 0 Å². The maximum Gasteiger partial charge on any atom is 0.235 e. The van der Waals surface area contributed by atoms with Crippen LogP contribution in [0.25, 0.3) is 0 Å². The Hall–Kier alpha value is -1.71. The Bertz CT molecular complexity index is 412. The fraction of sp³-hybridized carbons (Fsp3) is 0.385. The van der Waals surface area contributed by atoms with Crippen molar-refractivity contribution in [3.63, 3.8) is 0 Å². The molecule has 92 valence electrons. The summed E-state index contributed by atoms with van der Waals surface area (Å²) in [6, 6.07) is 5.44. The summed E-state index contributed by atoms with van der Waals surface area (Å²) in [5.74, 6) is -1.61. The molecule has 0 aliphatic carbocycles. The largest absolute Gasteiger partial charge is 0.325 e. The Morgan fingerprint density at radius 1 is 1.18 bits per heavy atom. The number of rotatable bonds is 4. The number of carbonyl (C=O) groups excluding carboxylic acids is 2. The van der Waals surface area contributed by atoms with E-state index >= 15 is 0 Å². The Kier molecular flexibility index (Phi) is 4.37. The SMILES string of the molecule is CC(=O)C(C(=O)Nc1ccc(F)cc1)C(C)C. The molecule has 1 unspecified atom stereocenters. The summed E-state index contributed by atoms with van der Waals surface area (Å²) in [4.78, 5) is 23.2. The molecule has 1 amide bonds. The van der Waals surface area contributed by atoms with E-state index in [4.69, 9.17) is 0 Å². The lowest BCUT2D eigenvalue weighted by atomic mass is 9.91. The van der Waals surface area contributed by atoms with Gasteiger partial charge >= 0.3 is 0 Å². The molecule has 0 saturated heterocycles. The quantitative estimate of drug-likeness (QED) is 0.818. The molecule has 1 aromatic rings. The molecular formula is C13H16FNO2. The Labute approximate surface area is 100 Å². The zero-order valence-corrected chi connectivity index (χ0v) is 10.2. The highest BCUT2D eigenvalue weighted by atomic mass is 19.1. The van der Waals surface area contributed by atoms with Crippen molar-refractivity contribution in [3.8, 4) is 0 Å². The number of carbonyl (C=O) groups is 2. The average Bonchev–Trinajstić information content (AvgIpc) is 2.20. The van der Waals surface area contributed by atoms with Crippen LogP contribution in [0, 0.1) is 17.7 Å². The standard InChI is InChI=1S/C13H16FNO2/c1-8(2)12(9(3)16)13(17)15-11-6-4-10(14)5-7-11/h4-8,12H,1-3H3,(H,15,17). The first-order valence-corrected chi connectivity index (χ1v) is 5.48. The van der Waals surface area contributed by atoms with Crippen LogP contribution in [-0.4, -0.2) is 11.7 Å². The number of benzene rings is 1. The summed E-state index contributed by atoms with van der Waals surface area (Å²) < 4.78 is 12.7. The molecule has 4 heteroatoms. The molecule has 0 aromatic heterocycles. The van der Waals surface area contributed by atoms with Crippen LogP contribution in [0.15, 0.2) is 24.3 Å². The number of hydrogen-bond donors (Lipinski definition) is 1. The number of anilines is 1. The number of amides is 1. The molecule has 0 fully saturated rings. The van der Waals surface area contributed by atoms with Crippen molar-refractivity contribution in [1.82, 2.24) is 0 Å². The highest BCUT2D eigenvalue weighted by Gasteiger charge is 2.26. The molecule has 1 atom stereocenters. The van der Waals surface area contributed by atoms with Gasteiger partial charge in [-0.05, 0) is 37.1 Å². The zero-order valence-electron chi connectivity index (χ0n) is 10.2. The zero-order chi connectivity index (χ0) is 13.0. The Balaban J connectivity index is 2.77. The predicted molar refractivity (Wildman–Crippen MR) is 64.0 cm³/mol. The summed E-state index contributed by atoms with van der Waals surface area (Å²) in [5, 5.41) is 2.61. The molecule has 0 radical (unpaired) electrons. The Morgan fingerprint density at radius 3 is 2.12 bits per heavy atom. The summed E-state index contributed by atoms with van der Waals surface area (Å²) in [5.41, 5.74) is 0.489. The molecule has 0 saturated carbocycles. The van der Waals surface area contributed by atoms with Crippen molar-refractivity contribution in [3.05, 3.63) is 30.1 Å². The van der Waals surface area contributed by atoms with Gasteiger partial charge in [-0.1, -0.05) is 13.8 Å². The molecule has 0 bridgehead atoms. The normalized spacial score (nSPS) is 12.3. The van der Waals surface area contributed by atoms with Crippen LogP contribution in [-0.2, 0) is 9.59 Å². The average molecular weight is 237 g/mol. The minimum Gasteiger partial charge on any atom is -0.325 e. The minimum absolute atomic E-state index is 0.0621. The fourth-order valence-electron chi connectivity index (χ4n) is 1.71. The molecule has 0 aliphatic rings. The van der Waals surface area contributed by atoms with E-state index in [2.05, 4.69) is 5.32 Å². The smallest absolute Gasteiger partial charge is 0.235 e. The lowest BCUT2D eigenvalue weighted by molar-refractivity contribution is -0.131. The van der Waals surface area contributed by atoms with Crippen molar-refractivity contribution in [1.29, 1.82) is 0 Å². The van der Waals surface area contributed by atoms with Crippen LogP contribution in [0.4, 0.5) is 10.1 Å². The predicted octanol–water partition coefficient (Wildman–Crippen LogP) is 2.63. The molecule has 0 heterocycles. The lowest BCUT2D eigenvalue weighted by Crippen LogP contribution is -2.32. The molecule has 1 rings (SSSR count). The van der Waals surface area contributed by atoms with E-state index in [0.717, 1.165) is 0 Å². The van der Waals surface area contributed by atoms with Crippen LogP contribution in [0.3, 0.4) is 0 Å². The van der Waals surface area contributed by atoms with E-state index in [1.165, 1.54) is 31.2 Å². The molecule has 0 aliphatic heterocycles. The third-order valence-electron chi connectivity index (χ3n) is 2.50. The second-order valence-corrected chi connectivity index (χ2v) is 4.33. The van der Waals surface area contributed by atoms with E-state index in [1.807, 2.05) is 13.8 Å². The second kappa shape index (κ2) is 5.57. The molecule has 1 N–H and O–H groups in total. The van der Waals surface area contributed by atoms with Gasteiger partial charge in [0.25, 0.3) is 0 Å².